The van der Waals surface area contributed by atoms with Gasteiger partial charge in [-0.2, -0.15) is 0 Å². The maximum Gasteiger partial charge on any atom is 0.136 e. The van der Waals surface area contributed by atoms with Crippen molar-refractivity contribution in [3.63, 3.8) is 0 Å². The van der Waals surface area contributed by atoms with Gasteiger partial charge < -0.3 is 15.5 Å². The van der Waals surface area contributed by atoms with Crippen molar-refractivity contribution in [3.8, 4) is 22.8 Å². The maximum absolute atomic E-state index is 6.30. The van der Waals surface area contributed by atoms with Crippen molar-refractivity contribution in [2.45, 2.75) is 45.4 Å². The zero-order valence-electron chi connectivity index (χ0n) is 18.4. The fourth-order valence-electron chi connectivity index (χ4n) is 4.22. The molecule has 4 rings (SSSR count). The van der Waals surface area contributed by atoms with E-state index in [-0.39, 0.29) is 0 Å². The average Bonchev–Trinajstić information content (AvgIpc) is 3.18. The van der Waals surface area contributed by atoms with Crippen molar-refractivity contribution < 1.29 is 4.74 Å². The molecule has 3 N–H and O–H groups in total. The van der Waals surface area contributed by atoms with Gasteiger partial charge in [0.1, 0.15) is 11.5 Å². The molecule has 0 aliphatic carbocycles. The third-order valence-corrected chi connectivity index (χ3v) is 5.84. The number of rotatable bonds is 10. The first kappa shape index (κ1) is 21.2. The number of unbranched alkanes of at least 4 members (excludes halogenated alkanes) is 2. The Hall–Kier alpha value is -3.04. The molecule has 4 aromatic rings. The van der Waals surface area contributed by atoms with Crippen LogP contribution in [0.5, 0.6) is 11.5 Å². The highest BCUT2D eigenvalue weighted by Crippen LogP contribution is 2.39. The first-order valence-electron chi connectivity index (χ1n) is 11.5. The standard InChI is InChI=1S/C28H32N2O/c1-2-3-12-21-13-11-18-23-24(16-9-10-20-29)28(30-27(21)23)25-17-7-8-19-26(25)31-22-14-5-4-6-15-22/h4-8,11,13-15,17-19,30H,2-3,9-10,12,16,20,29H2,1H3. The van der Waals surface area contributed by atoms with Gasteiger partial charge in [-0.1, -0.05) is 61.9 Å². The number of nitrogens with one attached hydrogen (secondary N) is 1. The SMILES string of the molecule is CCCCc1cccc2c(CCCCN)c(-c3ccccc3Oc3ccccc3)[nH]c12. The van der Waals surface area contributed by atoms with Gasteiger partial charge in [-0.05, 0) is 74.0 Å². The number of aromatic amines is 1. The molecule has 0 aliphatic rings. The van der Waals surface area contributed by atoms with E-state index >= 15 is 0 Å². The molecule has 3 aromatic carbocycles. The summed E-state index contributed by atoms with van der Waals surface area (Å²) < 4.78 is 6.30. The zero-order chi connectivity index (χ0) is 21.5. The van der Waals surface area contributed by atoms with Crippen LogP contribution in [-0.2, 0) is 12.8 Å². The van der Waals surface area contributed by atoms with E-state index in [9.17, 15) is 0 Å². The van der Waals surface area contributed by atoms with Crippen LogP contribution in [0.4, 0.5) is 0 Å². The molecule has 0 fully saturated rings. The van der Waals surface area contributed by atoms with E-state index in [0.717, 1.165) is 49.3 Å². The lowest BCUT2D eigenvalue weighted by molar-refractivity contribution is 0.484. The first-order valence-corrected chi connectivity index (χ1v) is 11.5. The Labute approximate surface area is 185 Å². The number of H-pyrrole nitrogens is 1. The van der Waals surface area contributed by atoms with E-state index in [0.29, 0.717) is 0 Å². The highest BCUT2D eigenvalue weighted by atomic mass is 16.5. The summed E-state index contributed by atoms with van der Waals surface area (Å²) in [5.74, 6) is 1.72. The number of benzene rings is 3. The van der Waals surface area contributed by atoms with Crippen molar-refractivity contribution in [1.29, 1.82) is 0 Å². The van der Waals surface area contributed by atoms with Gasteiger partial charge in [-0.3, -0.25) is 0 Å². The number of para-hydroxylation sites is 3. The summed E-state index contributed by atoms with van der Waals surface area (Å²) in [5, 5.41) is 1.33. The number of hydrogen-bond donors (Lipinski definition) is 2. The summed E-state index contributed by atoms with van der Waals surface area (Å²) in [4.78, 5) is 3.80. The maximum atomic E-state index is 6.30. The van der Waals surface area contributed by atoms with E-state index in [1.165, 1.54) is 40.6 Å². The van der Waals surface area contributed by atoms with Crippen molar-refractivity contribution in [2.24, 2.45) is 5.73 Å². The molecule has 0 amide bonds. The number of aryl methyl sites for hydroxylation is 2. The van der Waals surface area contributed by atoms with E-state index in [2.05, 4.69) is 48.3 Å². The van der Waals surface area contributed by atoms with Gasteiger partial charge in [-0.15, -0.1) is 0 Å². The van der Waals surface area contributed by atoms with Crippen LogP contribution >= 0.6 is 0 Å². The topological polar surface area (TPSA) is 51.0 Å². The number of ether oxygens (including phenoxy) is 1. The van der Waals surface area contributed by atoms with E-state index in [4.69, 9.17) is 10.5 Å². The summed E-state index contributed by atoms with van der Waals surface area (Å²) in [5.41, 5.74) is 12.1. The lowest BCUT2D eigenvalue weighted by Crippen LogP contribution is -1.99. The second kappa shape index (κ2) is 10.3. The lowest BCUT2D eigenvalue weighted by atomic mass is 9.98. The van der Waals surface area contributed by atoms with E-state index in [1.54, 1.807) is 0 Å². The molecule has 1 heterocycles. The summed E-state index contributed by atoms with van der Waals surface area (Å²) in [6.07, 6.45) is 6.60. The van der Waals surface area contributed by atoms with Gasteiger partial charge >= 0.3 is 0 Å². The van der Waals surface area contributed by atoms with Crippen molar-refractivity contribution in [3.05, 3.63) is 83.9 Å². The van der Waals surface area contributed by atoms with E-state index < -0.39 is 0 Å². The Morgan fingerprint density at radius 1 is 0.806 bits per heavy atom. The van der Waals surface area contributed by atoms with Crippen LogP contribution in [0.15, 0.2) is 72.8 Å². The van der Waals surface area contributed by atoms with Crippen LogP contribution in [0.1, 0.15) is 43.7 Å². The van der Waals surface area contributed by atoms with Crippen LogP contribution in [0.2, 0.25) is 0 Å². The fraction of sp³-hybridized carbons (Fsp3) is 0.286. The monoisotopic (exact) mass is 412 g/mol. The minimum Gasteiger partial charge on any atom is -0.457 e. The summed E-state index contributed by atoms with van der Waals surface area (Å²) in [7, 11) is 0. The van der Waals surface area contributed by atoms with Crippen molar-refractivity contribution in [2.75, 3.05) is 6.54 Å². The second-order valence-electron chi connectivity index (χ2n) is 8.08. The molecule has 0 atom stereocenters. The average molecular weight is 413 g/mol. The number of nitrogens with two attached hydrogens (primary N) is 1. The normalized spacial score (nSPS) is 11.2. The summed E-state index contributed by atoms with van der Waals surface area (Å²) in [6, 6.07) is 25.0. The molecule has 0 bridgehead atoms. The Balaban J connectivity index is 1.82. The second-order valence-corrected chi connectivity index (χ2v) is 8.08. The molecule has 160 valence electrons. The molecule has 0 saturated heterocycles. The Morgan fingerprint density at radius 3 is 2.42 bits per heavy atom. The zero-order valence-corrected chi connectivity index (χ0v) is 18.4. The van der Waals surface area contributed by atoms with Crippen LogP contribution < -0.4 is 10.5 Å². The summed E-state index contributed by atoms with van der Waals surface area (Å²) >= 11 is 0. The number of aromatic nitrogens is 1. The third kappa shape index (κ3) is 4.83. The molecule has 1 aromatic heterocycles. The highest BCUT2D eigenvalue weighted by molar-refractivity contribution is 5.93. The fourth-order valence-corrected chi connectivity index (χ4v) is 4.22. The highest BCUT2D eigenvalue weighted by Gasteiger charge is 2.18. The molecule has 3 heteroatoms. The molecule has 0 saturated carbocycles. The molecule has 0 aliphatic heterocycles. The molecular weight excluding hydrogens is 380 g/mol. The minimum absolute atomic E-state index is 0.729. The van der Waals surface area contributed by atoms with Crippen molar-refractivity contribution in [1.82, 2.24) is 4.98 Å². The van der Waals surface area contributed by atoms with Gasteiger partial charge in [-0.25, -0.2) is 0 Å². The van der Waals surface area contributed by atoms with Crippen LogP contribution in [0, 0.1) is 0 Å². The number of hydrogen-bond acceptors (Lipinski definition) is 2. The van der Waals surface area contributed by atoms with Gasteiger partial charge in [0.2, 0.25) is 0 Å². The summed E-state index contributed by atoms with van der Waals surface area (Å²) in [6.45, 7) is 2.98. The molecule has 3 nitrogen and oxygen atoms in total. The van der Waals surface area contributed by atoms with Crippen LogP contribution in [0.3, 0.4) is 0 Å². The van der Waals surface area contributed by atoms with E-state index in [1.807, 2.05) is 36.4 Å². The van der Waals surface area contributed by atoms with Crippen LogP contribution in [0.25, 0.3) is 22.2 Å². The van der Waals surface area contributed by atoms with Gasteiger partial charge in [0.25, 0.3) is 0 Å². The predicted octanol–water partition coefficient (Wildman–Crippen LogP) is 7.25. The quantitative estimate of drug-likeness (QED) is 0.269. The lowest BCUT2D eigenvalue weighted by Gasteiger charge is -2.12. The molecule has 31 heavy (non-hydrogen) atoms. The van der Waals surface area contributed by atoms with Gasteiger partial charge in [0, 0.05) is 16.5 Å². The Kier molecular flexibility index (Phi) is 7.06. The predicted molar refractivity (Wildman–Crippen MR) is 131 cm³/mol. The Morgan fingerprint density at radius 2 is 1.61 bits per heavy atom. The van der Waals surface area contributed by atoms with Crippen molar-refractivity contribution >= 4 is 10.9 Å². The van der Waals surface area contributed by atoms with Crippen LogP contribution in [-0.4, -0.2) is 11.5 Å². The molecule has 0 radical (unpaired) electrons. The molecule has 0 unspecified atom stereocenters. The third-order valence-electron chi connectivity index (χ3n) is 5.84. The Bertz CT molecular complexity index is 1110. The number of fused-ring (bicyclic) bond motifs is 1. The first-order chi connectivity index (χ1) is 15.3. The minimum atomic E-state index is 0.729. The smallest absolute Gasteiger partial charge is 0.136 e. The molecule has 0 spiro atoms. The largest absolute Gasteiger partial charge is 0.457 e. The molecular formula is C28H32N2O. The van der Waals surface area contributed by atoms with Gasteiger partial charge in [0.15, 0.2) is 0 Å². The van der Waals surface area contributed by atoms with Gasteiger partial charge in [0.05, 0.1) is 5.69 Å².